The molecule has 0 radical (unpaired) electrons. The molecule has 0 amide bonds. The molecule has 184 valence electrons. The average molecular weight is 508 g/mol. The summed E-state index contributed by atoms with van der Waals surface area (Å²) in [6.07, 6.45) is -4.10. The topological polar surface area (TPSA) is 81.4 Å². The molecule has 1 N–H and O–H groups in total. The number of fused-ring (bicyclic) bond motifs is 1. The van der Waals surface area contributed by atoms with Gasteiger partial charge in [-0.05, 0) is 49.4 Å². The van der Waals surface area contributed by atoms with Crippen LogP contribution < -0.4 is 4.74 Å². The van der Waals surface area contributed by atoms with Crippen LogP contribution >= 0.6 is 0 Å². The lowest BCUT2D eigenvalue weighted by Gasteiger charge is -2.30. The van der Waals surface area contributed by atoms with Crippen molar-refractivity contribution in [1.29, 1.82) is 0 Å². The summed E-state index contributed by atoms with van der Waals surface area (Å²) >= 11 is 0. The van der Waals surface area contributed by atoms with Crippen LogP contribution in [0.3, 0.4) is 0 Å². The van der Waals surface area contributed by atoms with Crippen LogP contribution in [0.15, 0.2) is 71.6 Å². The first-order chi connectivity index (χ1) is 16.3. The number of aliphatic hydroxyl groups is 1. The zero-order chi connectivity index (χ0) is 25.6. The normalized spacial score (nSPS) is 14.1. The molecule has 6 nitrogen and oxygen atoms in total. The van der Waals surface area contributed by atoms with Crippen LogP contribution in [0.25, 0.3) is 11.0 Å². The second-order valence-corrected chi connectivity index (χ2v) is 9.91. The predicted molar refractivity (Wildman–Crippen MR) is 120 cm³/mol. The Morgan fingerprint density at radius 3 is 2.26 bits per heavy atom. The van der Waals surface area contributed by atoms with Crippen molar-refractivity contribution in [3.05, 3.63) is 83.9 Å². The van der Waals surface area contributed by atoms with Crippen molar-refractivity contribution in [1.82, 2.24) is 9.55 Å². The number of alkyl halides is 3. The number of aromatic nitrogens is 2. The van der Waals surface area contributed by atoms with Crippen LogP contribution in [0.4, 0.5) is 17.6 Å². The fourth-order valence-electron chi connectivity index (χ4n) is 3.78. The zero-order valence-electron chi connectivity index (χ0n) is 18.5. The molecule has 0 saturated carbocycles. The van der Waals surface area contributed by atoms with Gasteiger partial charge in [-0.2, -0.15) is 13.2 Å². The molecular weight excluding hydrogens is 488 g/mol. The van der Waals surface area contributed by atoms with Gasteiger partial charge in [-0.15, -0.1) is 0 Å². The summed E-state index contributed by atoms with van der Waals surface area (Å²) in [7, 11) is -3.47. The van der Waals surface area contributed by atoms with E-state index >= 15 is 0 Å². The molecule has 0 aliphatic rings. The second kappa shape index (κ2) is 8.65. The van der Waals surface area contributed by atoms with E-state index in [-0.39, 0.29) is 34.0 Å². The number of ether oxygens (including phenoxy) is 1. The second-order valence-electron chi connectivity index (χ2n) is 7.89. The van der Waals surface area contributed by atoms with E-state index in [1.807, 2.05) is 0 Å². The molecule has 0 bridgehead atoms. The molecule has 0 spiro atoms. The molecule has 0 fully saturated rings. The SMILES string of the molecule is CCn1c(C(O)(c2ccc(F)cc2)C(F)(F)F)nc2ccc(Oc3cccc(S(C)(=O)=O)c3)cc21. The molecule has 0 aliphatic carbocycles. The zero-order valence-corrected chi connectivity index (χ0v) is 19.4. The summed E-state index contributed by atoms with van der Waals surface area (Å²) in [5, 5.41) is 11.0. The van der Waals surface area contributed by atoms with Crippen LogP contribution in [0.1, 0.15) is 18.3 Å². The molecule has 0 aliphatic heterocycles. The molecule has 1 unspecified atom stereocenters. The Kier molecular flexibility index (Phi) is 6.10. The number of benzene rings is 3. The molecule has 0 saturated heterocycles. The first-order valence-corrected chi connectivity index (χ1v) is 12.3. The maximum Gasteiger partial charge on any atom is 0.428 e. The number of hydrogen-bond acceptors (Lipinski definition) is 5. The maximum absolute atomic E-state index is 14.3. The van der Waals surface area contributed by atoms with Crippen molar-refractivity contribution in [3.8, 4) is 11.5 Å². The Hall–Kier alpha value is -3.44. The highest BCUT2D eigenvalue weighted by Crippen LogP contribution is 2.45. The van der Waals surface area contributed by atoms with Crippen LogP contribution in [-0.2, 0) is 22.0 Å². The monoisotopic (exact) mass is 508 g/mol. The van der Waals surface area contributed by atoms with Crippen LogP contribution in [0, 0.1) is 5.82 Å². The quantitative estimate of drug-likeness (QED) is 0.363. The fourth-order valence-corrected chi connectivity index (χ4v) is 4.43. The first-order valence-electron chi connectivity index (χ1n) is 10.4. The van der Waals surface area contributed by atoms with E-state index in [2.05, 4.69) is 4.98 Å². The van der Waals surface area contributed by atoms with Gasteiger partial charge in [0, 0.05) is 24.4 Å². The number of nitrogens with zero attached hydrogens (tertiary/aromatic N) is 2. The number of imidazole rings is 1. The Balaban J connectivity index is 1.83. The summed E-state index contributed by atoms with van der Waals surface area (Å²) < 4.78 is 86.7. The largest absolute Gasteiger partial charge is 0.457 e. The van der Waals surface area contributed by atoms with Gasteiger partial charge < -0.3 is 14.4 Å². The molecular formula is C24H20F4N2O4S. The van der Waals surface area contributed by atoms with E-state index in [0.717, 1.165) is 30.5 Å². The molecule has 4 rings (SSSR count). The first kappa shape index (κ1) is 24.7. The lowest BCUT2D eigenvalue weighted by Crippen LogP contribution is -2.45. The van der Waals surface area contributed by atoms with Crippen molar-refractivity contribution < 1.29 is 35.8 Å². The number of aryl methyl sites for hydroxylation is 1. The van der Waals surface area contributed by atoms with Crippen molar-refractivity contribution >= 4 is 20.9 Å². The van der Waals surface area contributed by atoms with E-state index in [0.29, 0.717) is 0 Å². The molecule has 11 heteroatoms. The maximum atomic E-state index is 14.3. The van der Waals surface area contributed by atoms with Crippen molar-refractivity contribution in [2.45, 2.75) is 30.1 Å². The Morgan fingerprint density at radius 1 is 1.00 bits per heavy atom. The van der Waals surface area contributed by atoms with Crippen molar-refractivity contribution in [3.63, 3.8) is 0 Å². The predicted octanol–water partition coefficient (Wildman–Crippen LogP) is 5.19. The van der Waals surface area contributed by atoms with Gasteiger partial charge in [0.1, 0.15) is 17.3 Å². The number of halogens is 4. The van der Waals surface area contributed by atoms with E-state index in [1.54, 1.807) is 13.0 Å². The molecule has 1 aromatic heterocycles. The standard InChI is InChI=1S/C24H20F4N2O4S/c1-3-30-21-14-18(34-17-5-4-6-19(13-17)35(2,32)33)11-12-20(21)29-22(30)23(31,24(26,27)28)15-7-9-16(25)10-8-15/h4-14,31H,3H2,1-2H3. The Labute approximate surface area is 198 Å². The van der Waals surface area contributed by atoms with Gasteiger partial charge in [0.05, 0.1) is 15.9 Å². The third-order valence-electron chi connectivity index (χ3n) is 5.50. The average Bonchev–Trinajstić information content (AvgIpc) is 3.16. The third-order valence-corrected chi connectivity index (χ3v) is 6.61. The lowest BCUT2D eigenvalue weighted by atomic mass is 9.92. The Morgan fingerprint density at radius 2 is 1.66 bits per heavy atom. The van der Waals surface area contributed by atoms with E-state index in [9.17, 15) is 31.1 Å². The summed E-state index contributed by atoms with van der Waals surface area (Å²) in [5.74, 6) is -0.982. The lowest BCUT2D eigenvalue weighted by molar-refractivity contribution is -0.252. The number of sulfone groups is 1. The fraction of sp³-hybridized carbons (Fsp3) is 0.208. The minimum Gasteiger partial charge on any atom is -0.457 e. The molecule has 1 atom stereocenters. The number of hydrogen-bond donors (Lipinski definition) is 1. The minimum absolute atomic E-state index is 0.0262. The Bertz CT molecular complexity index is 1500. The van der Waals surface area contributed by atoms with Crippen molar-refractivity contribution in [2.75, 3.05) is 6.26 Å². The summed E-state index contributed by atoms with van der Waals surface area (Å²) in [4.78, 5) is 4.13. The van der Waals surface area contributed by atoms with Gasteiger partial charge in [0.2, 0.25) is 5.60 Å². The van der Waals surface area contributed by atoms with Gasteiger partial charge in [-0.25, -0.2) is 17.8 Å². The highest BCUT2D eigenvalue weighted by Gasteiger charge is 2.59. The van der Waals surface area contributed by atoms with Crippen LogP contribution in [-0.4, -0.2) is 35.5 Å². The summed E-state index contributed by atoms with van der Waals surface area (Å²) in [6.45, 7) is 1.62. The van der Waals surface area contributed by atoms with Gasteiger partial charge in [0.25, 0.3) is 0 Å². The molecule has 35 heavy (non-hydrogen) atoms. The molecule has 4 aromatic rings. The van der Waals surface area contributed by atoms with Gasteiger partial charge in [-0.1, -0.05) is 18.2 Å². The van der Waals surface area contributed by atoms with Gasteiger partial charge in [0.15, 0.2) is 15.7 Å². The smallest absolute Gasteiger partial charge is 0.428 e. The molecule has 3 aromatic carbocycles. The summed E-state index contributed by atoms with van der Waals surface area (Å²) in [6, 6.07) is 13.5. The van der Waals surface area contributed by atoms with E-state index < -0.39 is 38.8 Å². The van der Waals surface area contributed by atoms with Gasteiger partial charge in [-0.3, -0.25) is 0 Å². The van der Waals surface area contributed by atoms with Crippen LogP contribution in [0.2, 0.25) is 0 Å². The van der Waals surface area contributed by atoms with E-state index in [1.165, 1.54) is 41.0 Å². The van der Waals surface area contributed by atoms with Crippen LogP contribution in [0.5, 0.6) is 11.5 Å². The highest BCUT2D eigenvalue weighted by atomic mass is 32.2. The van der Waals surface area contributed by atoms with E-state index in [4.69, 9.17) is 4.74 Å². The number of rotatable bonds is 6. The summed E-state index contributed by atoms with van der Waals surface area (Å²) in [5.41, 5.74) is -3.65. The molecule has 1 heterocycles. The minimum atomic E-state index is -5.16. The van der Waals surface area contributed by atoms with Crippen molar-refractivity contribution in [2.24, 2.45) is 0 Å². The van der Waals surface area contributed by atoms with Gasteiger partial charge >= 0.3 is 6.18 Å². The highest BCUT2D eigenvalue weighted by molar-refractivity contribution is 7.90. The third kappa shape index (κ3) is 4.48.